The lowest BCUT2D eigenvalue weighted by Gasteiger charge is -2.17. The topological polar surface area (TPSA) is 99.2 Å². The molecule has 0 aromatic heterocycles. The molecule has 15 heavy (non-hydrogen) atoms. The van der Waals surface area contributed by atoms with Crippen molar-refractivity contribution in [1.82, 2.24) is 5.32 Å². The summed E-state index contributed by atoms with van der Waals surface area (Å²) < 4.78 is 0. The molecule has 0 amide bonds. The highest BCUT2D eigenvalue weighted by Gasteiger charge is 2.26. The van der Waals surface area contributed by atoms with E-state index in [1.807, 2.05) is 12.2 Å². The normalized spacial score (nSPS) is 15.1. The molecule has 0 radical (unpaired) electrons. The van der Waals surface area contributed by atoms with Crippen molar-refractivity contribution < 1.29 is 9.90 Å². The van der Waals surface area contributed by atoms with Crippen molar-refractivity contribution >= 4 is 12.2 Å². The third-order valence-corrected chi connectivity index (χ3v) is 1.99. The number of carboxylic acids is 1. The van der Waals surface area contributed by atoms with E-state index in [1.165, 1.54) is 13.1 Å². The number of allylic oxidation sites excluding steroid dienone is 1. The van der Waals surface area contributed by atoms with Gasteiger partial charge in [-0.15, -0.1) is 0 Å². The van der Waals surface area contributed by atoms with Gasteiger partial charge >= 0.3 is 5.97 Å². The summed E-state index contributed by atoms with van der Waals surface area (Å²) in [5, 5.41) is 18.5. The van der Waals surface area contributed by atoms with Crippen molar-refractivity contribution in [3.63, 3.8) is 0 Å². The van der Waals surface area contributed by atoms with Crippen LogP contribution in [-0.4, -0.2) is 35.9 Å². The third-order valence-electron chi connectivity index (χ3n) is 1.99. The van der Waals surface area contributed by atoms with Gasteiger partial charge in [0.1, 0.15) is 5.54 Å². The molecule has 0 aromatic rings. The lowest BCUT2D eigenvalue weighted by Crippen LogP contribution is -2.44. The molecule has 5 nitrogen and oxygen atoms in total. The van der Waals surface area contributed by atoms with Gasteiger partial charge in [0.15, 0.2) is 0 Å². The van der Waals surface area contributed by atoms with Crippen molar-refractivity contribution in [2.45, 2.75) is 25.3 Å². The maximum absolute atomic E-state index is 10.6. The van der Waals surface area contributed by atoms with Gasteiger partial charge in [0.2, 0.25) is 0 Å². The van der Waals surface area contributed by atoms with Crippen molar-refractivity contribution in [2.75, 3.05) is 13.1 Å². The molecular weight excluding hydrogens is 194 g/mol. The SMILES string of the molecule is CC(N)(CCC=CCNCC=N)C(=O)O. The predicted octanol–water partition coefficient (Wildman–Crippen LogP) is 0.364. The Morgan fingerprint density at radius 1 is 1.53 bits per heavy atom. The van der Waals surface area contributed by atoms with Crippen LogP contribution in [0.4, 0.5) is 0 Å². The molecule has 0 saturated heterocycles. The first-order chi connectivity index (χ1) is 7.00. The second kappa shape index (κ2) is 7.14. The highest BCUT2D eigenvalue weighted by molar-refractivity contribution is 5.77. The summed E-state index contributed by atoms with van der Waals surface area (Å²) in [4.78, 5) is 10.6. The van der Waals surface area contributed by atoms with E-state index in [0.717, 1.165) is 0 Å². The minimum absolute atomic E-state index is 0.420. The van der Waals surface area contributed by atoms with Crippen LogP contribution >= 0.6 is 0 Å². The van der Waals surface area contributed by atoms with Crippen LogP contribution in [0.3, 0.4) is 0 Å². The Labute approximate surface area is 89.9 Å². The zero-order chi connectivity index (χ0) is 11.7. The molecule has 0 bridgehead atoms. The van der Waals surface area contributed by atoms with Crippen molar-refractivity contribution in [1.29, 1.82) is 5.41 Å². The molecule has 0 saturated carbocycles. The summed E-state index contributed by atoms with van der Waals surface area (Å²) in [6.45, 7) is 2.74. The van der Waals surface area contributed by atoms with Gasteiger partial charge in [-0.3, -0.25) is 4.79 Å². The Kier molecular flexibility index (Phi) is 6.57. The second-order valence-electron chi connectivity index (χ2n) is 3.60. The Morgan fingerprint density at radius 2 is 2.20 bits per heavy atom. The molecular formula is C10H19N3O2. The summed E-state index contributed by atoms with van der Waals surface area (Å²) in [5.41, 5.74) is 4.40. The second-order valence-corrected chi connectivity index (χ2v) is 3.60. The maximum atomic E-state index is 10.6. The van der Waals surface area contributed by atoms with Crippen LogP contribution in [0.15, 0.2) is 12.2 Å². The number of aliphatic carboxylic acids is 1. The fourth-order valence-electron chi connectivity index (χ4n) is 0.930. The number of carboxylic acid groups (broad SMARTS) is 1. The zero-order valence-electron chi connectivity index (χ0n) is 8.99. The number of rotatable bonds is 8. The summed E-state index contributed by atoms with van der Waals surface area (Å²) in [6, 6.07) is 0. The highest BCUT2D eigenvalue weighted by Crippen LogP contribution is 2.08. The van der Waals surface area contributed by atoms with Gasteiger partial charge in [0.05, 0.1) is 0 Å². The van der Waals surface area contributed by atoms with Gasteiger partial charge in [-0.1, -0.05) is 12.2 Å². The van der Waals surface area contributed by atoms with E-state index in [1.54, 1.807) is 0 Å². The van der Waals surface area contributed by atoms with E-state index in [4.69, 9.17) is 16.2 Å². The van der Waals surface area contributed by atoms with Crippen molar-refractivity contribution in [2.24, 2.45) is 5.73 Å². The number of hydrogen-bond acceptors (Lipinski definition) is 4. The van der Waals surface area contributed by atoms with E-state index >= 15 is 0 Å². The van der Waals surface area contributed by atoms with Crippen LogP contribution in [-0.2, 0) is 4.79 Å². The molecule has 1 unspecified atom stereocenters. The van der Waals surface area contributed by atoms with E-state index in [0.29, 0.717) is 25.9 Å². The van der Waals surface area contributed by atoms with E-state index in [-0.39, 0.29) is 0 Å². The van der Waals surface area contributed by atoms with Gasteiger partial charge in [0, 0.05) is 19.3 Å². The number of hydrogen-bond donors (Lipinski definition) is 4. The Balaban J connectivity index is 3.60. The fraction of sp³-hybridized carbons (Fsp3) is 0.600. The van der Waals surface area contributed by atoms with Gasteiger partial charge in [-0.2, -0.15) is 0 Å². The first-order valence-electron chi connectivity index (χ1n) is 4.87. The number of nitrogens with one attached hydrogen (secondary N) is 2. The first kappa shape index (κ1) is 13.8. The lowest BCUT2D eigenvalue weighted by molar-refractivity contribution is -0.142. The molecule has 0 fully saturated rings. The van der Waals surface area contributed by atoms with Crippen LogP contribution in [0.2, 0.25) is 0 Å². The number of carbonyl (C=O) groups is 1. The van der Waals surface area contributed by atoms with E-state index in [2.05, 4.69) is 5.32 Å². The average molecular weight is 213 g/mol. The molecule has 0 spiro atoms. The fourth-order valence-corrected chi connectivity index (χ4v) is 0.930. The Hall–Kier alpha value is -1.20. The first-order valence-corrected chi connectivity index (χ1v) is 4.87. The minimum Gasteiger partial charge on any atom is -0.480 e. The molecule has 0 aliphatic heterocycles. The van der Waals surface area contributed by atoms with Crippen LogP contribution in [0.1, 0.15) is 19.8 Å². The molecule has 0 aromatic carbocycles. The van der Waals surface area contributed by atoms with Gasteiger partial charge < -0.3 is 21.6 Å². The molecule has 5 N–H and O–H groups in total. The smallest absolute Gasteiger partial charge is 0.323 e. The van der Waals surface area contributed by atoms with Gasteiger partial charge in [-0.05, 0) is 19.8 Å². The lowest BCUT2D eigenvalue weighted by atomic mass is 9.97. The molecule has 1 atom stereocenters. The van der Waals surface area contributed by atoms with Gasteiger partial charge in [0.25, 0.3) is 0 Å². The van der Waals surface area contributed by atoms with Crippen LogP contribution in [0, 0.1) is 5.41 Å². The third kappa shape index (κ3) is 6.82. The molecule has 86 valence electrons. The minimum atomic E-state index is -1.15. The predicted molar refractivity (Wildman–Crippen MR) is 60.3 cm³/mol. The van der Waals surface area contributed by atoms with Gasteiger partial charge in [-0.25, -0.2) is 0 Å². The largest absolute Gasteiger partial charge is 0.480 e. The van der Waals surface area contributed by atoms with Crippen LogP contribution in [0.25, 0.3) is 0 Å². The highest BCUT2D eigenvalue weighted by atomic mass is 16.4. The molecule has 0 rings (SSSR count). The summed E-state index contributed by atoms with van der Waals surface area (Å²) >= 11 is 0. The molecule has 0 heterocycles. The summed E-state index contributed by atoms with van der Waals surface area (Å²) in [6.07, 6.45) is 6.15. The molecule has 0 aliphatic rings. The monoisotopic (exact) mass is 213 g/mol. The van der Waals surface area contributed by atoms with E-state index in [9.17, 15) is 4.79 Å². The summed E-state index contributed by atoms with van der Waals surface area (Å²) in [5.74, 6) is -0.974. The van der Waals surface area contributed by atoms with Crippen molar-refractivity contribution in [3.05, 3.63) is 12.2 Å². The standard InChI is InChI=1S/C10H19N3O2/c1-10(12,9(14)15)5-3-2-4-7-13-8-6-11/h2,4,6,11,13H,3,5,7-8,12H2,1H3,(H,14,15). The Bertz CT molecular complexity index is 237. The van der Waals surface area contributed by atoms with Crippen molar-refractivity contribution in [3.8, 4) is 0 Å². The quantitative estimate of drug-likeness (QED) is 0.266. The van der Waals surface area contributed by atoms with Crippen LogP contribution in [0.5, 0.6) is 0 Å². The molecule has 0 aliphatic carbocycles. The Morgan fingerprint density at radius 3 is 2.73 bits per heavy atom. The van der Waals surface area contributed by atoms with Crippen LogP contribution < -0.4 is 11.1 Å². The zero-order valence-corrected chi connectivity index (χ0v) is 8.99. The average Bonchev–Trinajstić information content (AvgIpc) is 2.16. The summed E-state index contributed by atoms with van der Waals surface area (Å²) in [7, 11) is 0. The van der Waals surface area contributed by atoms with E-state index < -0.39 is 11.5 Å². The number of nitrogens with two attached hydrogens (primary N) is 1. The molecule has 5 heteroatoms. The maximum Gasteiger partial charge on any atom is 0.323 e.